The highest BCUT2D eigenvalue weighted by Crippen LogP contribution is 2.27. The lowest BCUT2D eigenvalue weighted by molar-refractivity contribution is 0.0432. The van der Waals surface area contributed by atoms with Crippen molar-refractivity contribution in [2.75, 3.05) is 7.11 Å². The third kappa shape index (κ3) is 3.24. The van der Waals surface area contributed by atoms with Crippen LogP contribution in [0.2, 0.25) is 0 Å². The maximum Gasteiger partial charge on any atom is 0.374 e. The van der Waals surface area contributed by atoms with Crippen LogP contribution in [0.1, 0.15) is 21.7 Å². The fraction of sp³-hybridized carbons (Fsp3) is 0.167. The fourth-order valence-corrected chi connectivity index (χ4v) is 2.39. The molecule has 118 valence electrons. The molecule has 3 rings (SSSR count). The molecule has 0 fully saturated rings. The van der Waals surface area contributed by atoms with Crippen LogP contribution in [0.25, 0.3) is 11.0 Å². The molecule has 0 bridgehead atoms. The molecule has 0 N–H and O–H groups in total. The molecule has 0 radical (unpaired) electrons. The summed E-state index contributed by atoms with van der Waals surface area (Å²) in [6.45, 7) is 0.210. The summed E-state index contributed by atoms with van der Waals surface area (Å²) >= 11 is 0. The number of carbonyl (C=O) groups is 1. The Bertz CT molecular complexity index is 838. The standard InChI is InChI=1S/C18H15FO4/c1-21-11-15-14-7-2-3-8-16(14)23-17(15)18(20)22-10-12-5-4-6-13(19)9-12/h2-9H,10-11H2,1H3. The zero-order valence-corrected chi connectivity index (χ0v) is 12.5. The highest BCUT2D eigenvalue weighted by molar-refractivity contribution is 5.96. The summed E-state index contributed by atoms with van der Waals surface area (Å²) in [5.41, 5.74) is 1.81. The Morgan fingerprint density at radius 2 is 1.96 bits per heavy atom. The molecule has 2 aromatic carbocycles. The minimum Gasteiger partial charge on any atom is -0.455 e. The van der Waals surface area contributed by atoms with E-state index in [0.29, 0.717) is 16.7 Å². The first-order chi connectivity index (χ1) is 11.2. The molecule has 0 amide bonds. The second kappa shape index (κ2) is 6.62. The average molecular weight is 314 g/mol. The van der Waals surface area contributed by atoms with Crippen LogP contribution in [-0.2, 0) is 22.7 Å². The van der Waals surface area contributed by atoms with Crippen LogP contribution in [0.3, 0.4) is 0 Å². The summed E-state index contributed by atoms with van der Waals surface area (Å²) in [4.78, 5) is 12.3. The maximum absolute atomic E-state index is 13.1. The van der Waals surface area contributed by atoms with E-state index in [-0.39, 0.29) is 24.8 Å². The van der Waals surface area contributed by atoms with Gasteiger partial charge in [0.25, 0.3) is 0 Å². The summed E-state index contributed by atoms with van der Waals surface area (Å²) in [5.74, 6) is -0.857. The van der Waals surface area contributed by atoms with E-state index in [1.807, 2.05) is 18.2 Å². The minimum absolute atomic E-state index is 0.0277. The van der Waals surface area contributed by atoms with E-state index < -0.39 is 5.97 Å². The second-order valence-electron chi connectivity index (χ2n) is 5.04. The molecule has 0 saturated carbocycles. The SMILES string of the molecule is COCc1c(C(=O)OCc2cccc(F)c2)oc2ccccc12. The quantitative estimate of drug-likeness (QED) is 0.666. The van der Waals surface area contributed by atoms with Gasteiger partial charge in [0.2, 0.25) is 5.76 Å². The van der Waals surface area contributed by atoms with Crippen molar-refractivity contribution in [3.63, 3.8) is 0 Å². The lowest BCUT2D eigenvalue weighted by Crippen LogP contribution is -2.07. The number of methoxy groups -OCH3 is 1. The largest absolute Gasteiger partial charge is 0.455 e. The van der Waals surface area contributed by atoms with Gasteiger partial charge in [-0.05, 0) is 23.8 Å². The van der Waals surface area contributed by atoms with Crippen molar-refractivity contribution in [3.05, 3.63) is 71.2 Å². The third-order valence-corrected chi connectivity index (χ3v) is 3.43. The Balaban J connectivity index is 1.84. The molecule has 4 nitrogen and oxygen atoms in total. The number of esters is 1. The number of benzene rings is 2. The van der Waals surface area contributed by atoms with Gasteiger partial charge in [0.1, 0.15) is 18.0 Å². The van der Waals surface area contributed by atoms with Gasteiger partial charge in [-0.2, -0.15) is 0 Å². The van der Waals surface area contributed by atoms with Gasteiger partial charge in [0.15, 0.2) is 0 Å². The van der Waals surface area contributed by atoms with Crippen LogP contribution in [-0.4, -0.2) is 13.1 Å². The van der Waals surface area contributed by atoms with Crippen molar-refractivity contribution >= 4 is 16.9 Å². The molecule has 3 aromatic rings. The Kier molecular flexibility index (Phi) is 4.39. The van der Waals surface area contributed by atoms with Crippen LogP contribution >= 0.6 is 0 Å². The number of ether oxygens (including phenoxy) is 2. The molecule has 1 aromatic heterocycles. The lowest BCUT2D eigenvalue weighted by atomic mass is 10.1. The van der Waals surface area contributed by atoms with Gasteiger partial charge < -0.3 is 13.9 Å². The van der Waals surface area contributed by atoms with E-state index in [0.717, 1.165) is 5.39 Å². The Morgan fingerprint density at radius 1 is 1.13 bits per heavy atom. The number of hydrogen-bond donors (Lipinski definition) is 0. The summed E-state index contributed by atoms with van der Waals surface area (Å²) in [6, 6.07) is 13.2. The molecule has 0 aliphatic carbocycles. The molecule has 0 unspecified atom stereocenters. The van der Waals surface area contributed by atoms with Gasteiger partial charge in [-0.1, -0.05) is 30.3 Å². The van der Waals surface area contributed by atoms with E-state index in [2.05, 4.69) is 0 Å². The first kappa shape index (κ1) is 15.2. The average Bonchev–Trinajstić information content (AvgIpc) is 2.92. The molecule has 1 heterocycles. The second-order valence-corrected chi connectivity index (χ2v) is 5.04. The van der Waals surface area contributed by atoms with E-state index in [1.54, 1.807) is 25.3 Å². The molecular formula is C18H15FO4. The molecular weight excluding hydrogens is 299 g/mol. The minimum atomic E-state index is -0.600. The molecule has 0 spiro atoms. The third-order valence-electron chi connectivity index (χ3n) is 3.43. The van der Waals surface area contributed by atoms with E-state index >= 15 is 0 Å². The van der Waals surface area contributed by atoms with Crippen LogP contribution in [0.4, 0.5) is 4.39 Å². The summed E-state index contributed by atoms with van der Waals surface area (Å²) < 4.78 is 29.1. The van der Waals surface area contributed by atoms with Crippen LogP contribution in [0.5, 0.6) is 0 Å². The van der Waals surface area contributed by atoms with Crippen LogP contribution in [0, 0.1) is 5.82 Å². The van der Waals surface area contributed by atoms with Gasteiger partial charge in [0.05, 0.1) is 6.61 Å². The van der Waals surface area contributed by atoms with Crippen molar-refractivity contribution < 1.29 is 23.1 Å². The molecule has 0 saturated heterocycles. The zero-order valence-electron chi connectivity index (χ0n) is 12.5. The predicted octanol–water partition coefficient (Wildman–Crippen LogP) is 4.08. The molecule has 0 aliphatic heterocycles. The monoisotopic (exact) mass is 314 g/mol. The first-order valence-corrected chi connectivity index (χ1v) is 7.10. The summed E-state index contributed by atoms with van der Waals surface area (Å²) in [5, 5.41) is 0.812. The number of carbonyl (C=O) groups excluding carboxylic acids is 1. The number of furan rings is 1. The van der Waals surface area contributed by atoms with E-state index in [9.17, 15) is 9.18 Å². The zero-order chi connectivity index (χ0) is 16.2. The van der Waals surface area contributed by atoms with E-state index in [4.69, 9.17) is 13.9 Å². The van der Waals surface area contributed by atoms with Gasteiger partial charge in [-0.25, -0.2) is 9.18 Å². The number of halogens is 1. The number of hydrogen-bond acceptors (Lipinski definition) is 4. The van der Waals surface area contributed by atoms with Gasteiger partial charge in [-0.15, -0.1) is 0 Å². The summed E-state index contributed by atoms with van der Waals surface area (Å²) in [7, 11) is 1.55. The maximum atomic E-state index is 13.1. The first-order valence-electron chi connectivity index (χ1n) is 7.10. The van der Waals surface area contributed by atoms with Crippen LogP contribution < -0.4 is 0 Å². The van der Waals surface area contributed by atoms with Crippen molar-refractivity contribution in [2.24, 2.45) is 0 Å². The van der Waals surface area contributed by atoms with Gasteiger partial charge in [0, 0.05) is 18.1 Å². The Labute approximate surface area is 132 Å². The van der Waals surface area contributed by atoms with Crippen LogP contribution in [0.15, 0.2) is 52.9 Å². The van der Waals surface area contributed by atoms with Gasteiger partial charge in [-0.3, -0.25) is 0 Å². The lowest BCUT2D eigenvalue weighted by Gasteiger charge is -2.05. The van der Waals surface area contributed by atoms with Crippen molar-refractivity contribution in [2.45, 2.75) is 13.2 Å². The smallest absolute Gasteiger partial charge is 0.374 e. The molecule has 0 aliphatic rings. The highest BCUT2D eigenvalue weighted by Gasteiger charge is 2.21. The number of fused-ring (bicyclic) bond motifs is 1. The Hall–Kier alpha value is -2.66. The molecule has 23 heavy (non-hydrogen) atoms. The number of para-hydroxylation sites is 1. The highest BCUT2D eigenvalue weighted by atomic mass is 19.1. The topological polar surface area (TPSA) is 48.7 Å². The predicted molar refractivity (Wildman–Crippen MR) is 82.4 cm³/mol. The van der Waals surface area contributed by atoms with Gasteiger partial charge >= 0.3 is 5.97 Å². The fourth-order valence-electron chi connectivity index (χ4n) is 2.39. The van der Waals surface area contributed by atoms with E-state index in [1.165, 1.54) is 12.1 Å². The summed E-state index contributed by atoms with van der Waals surface area (Å²) in [6.07, 6.45) is 0. The van der Waals surface area contributed by atoms with Crippen molar-refractivity contribution in [3.8, 4) is 0 Å². The number of rotatable bonds is 5. The van der Waals surface area contributed by atoms with Crippen molar-refractivity contribution in [1.82, 2.24) is 0 Å². The normalized spacial score (nSPS) is 10.9. The molecule has 0 atom stereocenters. The van der Waals surface area contributed by atoms with Crippen molar-refractivity contribution in [1.29, 1.82) is 0 Å². The Morgan fingerprint density at radius 3 is 2.74 bits per heavy atom. The molecule has 5 heteroatoms.